The molecule has 0 fully saturated rings. The quantitative estimate of drug-likeness (QED) is 0.214. The Bertz CT molecular complexity index is 1790. The van der Waals surface area contributed by atoms with Crippen LogP contribution in [0.3, 0.4) is 0 Å². The molecule has 0 spiro atoms. The van der Waals surface area contributed by atoms with Gasteiger partial charge in [-0.3, -0.25) is 9.13 Å². The first-order valence-corrected chi connectivity index (χ1v) is 11.5. The van der Waals surface area contributed by atoms with Crippen LogP contribution in [0.2, 0.25) is 0 Å². The van der Waals surface area contributed by atoms with Gasteiger partial charge < -0.3 is 4.57 Å². The zero-order valence-corrected chi connectivity index (χ0v) is 18.5. The number of fused-ring (bicyclic) bond motifs is 4. The van der Waals surface area contributed by atoms with E-state index in [2.05, 4.69) is 141 Å². The second-order valence-corrected chi connectivity index (χ2v) is 8.46. The highest BCUT2D eigenvalue weighted by atomic mass is 15.2. The highest BCUT2D eigenvalue weighted by Gasteiger charge is 2.19. The predicted molar refractivity (Wildman–Crippen MR) is 138 cm³/mol. The average Bonchev–Trinajstić information content (AvgIpc) is 3.46. The number of nitrogens with zero attached hydrogens (tertiary/aromatic N) is 3. The highest BCUT2D eigenvalue weighted by Crippen LogP contribution is 2.34. The summed E-state index contributed by atoms with van der Waals surface area (Å²) in [6.45, 7) is 0. The van der Waals surface area contributed by atoms with Gasteiger partial charge in [0, 0.05) is 16.5 Å². The van der Waals surface area contributed by atoms with Crippen LogP contribution in [0.25, 0.3) is 49.9 Å². The van der Waals surface area contributed by atoms with Gasteiger partial charge in [0.2, 0.25) is 0 Å². The minimum atomic E-state index is 1.09. The van der Waals surface area contributed by atoms with Crippen LogP contribution in [-0.2, 0) is 0 Å². The fraction of sp³-hybridized carbons (Fsp3) is 0. The number of imidazole rings is 1. The summed E-state index contributed by atoms with van der Waals surface area (Å²) in [5.74, 6) is 0. The first-order chi connectivity index (χ1) is 16.9. The molecule has 34 heavy (non-hydrogen) atoms. The number of rotatable bonds is 3. The van der Waals surface area contributed by atoms with Gasteiger partial charge in [-0.05, 0) is 36.4 Å². The third kappa shape index (κ3) is 2.74. The van der Waals surface area contributed by atoms with Gasteiger partial charge in [0.05, 0.1) is 33.4 Å². The van der Waals surface area contributed by atoms with Gasteiger partial charge in [-0.15, -0.1) is 0 Å². The van der Waals surface area contributed by atoms with Crippen LogP contribution in [-0.4, -0.2) is 9.13 Å². The third-order valence-electron chi connectivity index (χ3n) is 6.51. The monoisotopic (exact) mass is 435 g/mol. The van der Waals surface area contributed by atoms with Crippen molar-refractivity contribution in [1.82, 2.24) is 9.13 Å². The van der Waals surface area contributed by atoms with Crippen molar-refractivity contribution in [2.45, 2.75) is 0 Å². The number of hydrogen-bond acceptors (Lipinski definition) is 0. The lowest BCUT2D eigenvalue weighted by Gasteiger charge is -2.12. The Hall–Kier alpha value is -4.63. The Kier molecular flexibility index (Phi) is 4.15. The van der Waals surface area contributed by atoms with Crippen LogP contribution in [0.5, 0.6) is 0 Å². The molecule has 3 nitrogen and oxygen atoms in total. The van der Waals surface area contributed by atoms with Crippen molar-refractivity contribution in [3.05, 3.63) is 134 Å². The Morgan fingerprint density at radius 1 is 0.500 bits per heavy atom. The van der Waals surface area contributed by atoms with Crippen molar-refractivity contribution >= 4 is 32.8 Å². The molecule has 0 aliphatic carbocycles. The summed E-state index contributed by atoms with van der Waals surface area (Å²) < 4.78 is 6.71. The van der Waals surface area contributed by atoms with Gasteiger partial charge in [0.15, 0.2) is 0 Å². The summed E-state index contributed by atoms with van der Waals surface area (Å²) in [7, 11) is 0. The number of para-hydroxylation sites is 6. The first-order valence-electron chi connectivity index (χ1n) is 11.5. The fourth-order valence-electron chi connectivity index (χ4n) is 5.03. The third-order valence-corrected chi connectivity index (χ3v) is 6.51. The summed E-state index contributed by atoms with van der Waals surface area (Å²) in [6.07, 6.45) is 3.66. The van der Waals surface area contributed by atoms with Gasteiger partial charge in [0.25, 0.3) is 6.33 Å². The van der Waals surface area contributed by atoms with Crippen LogP contribution in [0, 0.1) is 6.33 Å². The van der Waals surface area contributed by atoms with Crippen molar-refractivity contribution in [3.63, 3.8) is 0 Å². The molecule has 0 aliphatic rings. The molecule has 0 radical (unpaired) electrons. The lowest BCUT2D eigenvalue weighted by Crippen LogP contribution is -2.30. The maximum absolute atomic E-state index is 3.66. The molecule has 2 aromatic heterocycles. The summed E-state index contributed by atoms with van der Waals surface area (Å²) in [4.78, 5) is 0. The Balaban J connectivity index is 1.62. The first kappa shape index (κ1) is 18.9. The molecule has 0 N–H and O–H groups in total. The molecule has 0 atom stereocenters. The van der Waals surface area contributed by atoms with E-state index in [-0.39, 0.29) is 0 Å². The molecule has 3 heteroatoms. The minimum Gasteiger partial charge on any atom is -0.312 e. The molecule has 0 bridgehead atoms. The van der Waals surface area contributed by atoms with Crippen LogP contribution >= 0.6 is 0 Å². The molecule has 0 unspecified atom stereocenters. The second kappa shape index (κ2) is 7.46. The van der Waals surface area contributed by atoms with Crippen molar-refractivity contribution in [3.8, 4) is 17.1 Å². The van der Waals surface area contributed by atoms with E-state index < -0.39 is 0 Å². The molecule has 0 aliphatic heterocycles. The lowest BCUT2D eigenvalue weighted by molar-refractivity contribution is -0.571. The standard InChI is InChI=1S/C31H21N3/c1-3-12-23(13-4-1)32-22-33(29-20-10-9-19-28(29)32)30-21-11-17-26-25-16-7-8-18-27(25)34(31(26)30)24-14-5-2-6-15-24/h1-21H. The van der Waals surface area contributed by atoms with E-state index in [1.54, 1.807) is 0 Å². The second-order valence-electron chi connectivity index (χ2n) is 8.46. The van der Waals surface area contributed by atoms with E-state index in [0.717, 1.165) is 28.1 Å². The molecule has 7 aromatic rings. The van der Waals surface area contributed by atoms with Crippen LogP contribution in [0.4, 0.5) is 0 Å². The molecule has 160 valence electrons. The fourth-order valence-corrected chi connectivity index (χ4v) is 5.03. The lowest BCUT2D eigenvalue weighted by atomic mass is 10.1. The average molecular weight is 436 g/mol. The topological polar surface area (TPSA) is 13.7 Å². The molecular formula is C31H21N3. The minimum absolute atomic E-state index is 1.09. The SMILES string of the molecule is [c-]1n(-c2ccccc2)c2ccccc2[n+]1-c1cccc2c3ccccc3n(-c3ccccc3)c12. The van der Waals surface area contributed by atoms with Crippen LogP contribution < -0.4 is 4.57 Å². The molecule has 0 amide bonds. The van der Waals surface area contributed by atoms with Crippen molar-refractivity contribution in [1.29, 1.82) is 0 Å². The van der Waals surface area contributed by atoms with E-state index >= 15 is 0 Å². The van der Waals surface area contributed by atoms with Gasteiger partial charge in [-0.25, -0.2) is 0 Å². The Labute approximate surface area is 197 Å². The summed E-state index contributed by atoms with van der Waals surface area (Å²) in [6, 6.07) is 44.7. The van der Waals surface area contributed by atoms with Gasteiger partial charge in [-0.2, -0.15) is 0 Å². The van der Waals surface area contributed by atoms with Gasteiger partial charge in [-0.1, -0.05) is 91.0 Å². The van der Waals surface area contributed by atoms with Gasteiger partial charge >= 0.3 is 0 Å². The molecule has 0 saturated carbocycles. The highest BCUT2D eigenvalue weighted by molar-refractivity contribution is 6.11. The normalized spacial score (nSPS) is 11.5. The molecular weight excluding hydrogens is 414 g/mol. The molecule has 7 rings (SSSR count). The van der Waals surface area contributed by atoms with E-state index in [1.165, 1.54) is 21.8 Å². The smallest absolute Gasteiger partial charge is 0.269 e. The van der Waals surface area contributed by atoms with E-state index in [0.29, 0.717) is 0 Å². The van der Waals surface area contributed by atoms with E-state index in [1.807, 2.05) is 6.07 Å². The van der Waals surface area contributed by atoms with Crippen LogP contribution in [0.1, 0.15) is 0 Å². The maximum atomic E-state index is 3.66. The molecule has 5 aromatic carbocycles. The molecule has 0 saturated heterocycles. The van der Waals surface area contributed by atoms with Crippen molar-refractivity contribution < 1.29 is 4.57 Å². The number of benzene rings is 5. The maximum Gasteiger partial charge on any atom is 0.269 e. The van der Waals surface area contributed by atoms with Crippen molar-refractivity contribution in [2.75, 3.05) is 0 Å². The largest absolute Gasteiger partial charge is 0.312 e. The number of aromatic nitrogens is 3. The summed E-state index contributed by atoms with van der Waals surface area (Å²) >= 11 is 0. The summed E-state index contributed by atoms with van der Waals surface area (Å²) in [5.41, 5.74) is 7.94. The predicted octanol–water partition coefficient (Wildman–Crippen LogP) is 6.80. The van der Waals surface area contributed by atoms with Gasteiger partial charge in [0.1, 0.15) is 0 Å². The molecule has 2 heterocycles. The van der Waals surface area contributed by atoms with Crippen molar-refractivity contribution in [2.24, 2.45) is 0 Å². The van der Waals surface area contributed by atoms with Crippen LogP contribution in [0.15, 0.2) is 127 Å². The number of hydrogen-bond donors (Lipinski definition) is 0. The van der Waals surface area contributed by atoms with E-state index in [4.69, 9.17) is 0 Å². The Morgan fingerprint density at radius 2 is 1.12 bits per heavy atom. The van der Waals surface area contributed by atoms with E-state index in [9.17, 15) is 0 Å². The Morgan fingerprint density at radius 3 is 1.91 bits per heavy atom. The summed E-state index contributed by atoms with van der Waals surface area (Å²) in [5, 5.41) is 2.48. The zero-order valence-electron chi connectivity index (χ0n) is 18.5. The zero-order chi connectivity index (χ0) is 22.5.